The van der Waals surface area contributed by atoms with Crippen LogP contribution in [-0.4, -0.2) is 71.7 Å². The van der Waals surface area contributed by atoms with Crippen LogP contribution in [0.2, 0.25) is 0 Å². The van der Waals surface area contributed by atoms with Crippen LogP contribution < -0.4 is 10.1 Å². The fraction of sp³-hybridized carbons (Fsp3) is 0.636. The van der Waals surface area contributed by atoms with E-state index in [1.807, 2.05) is 29.2 Å². The van der Waals surface area contributed by atoms with Gasteiger partial charge in [0.15, 0.2) is 0 Å². The molecule has 4 rings (SSSR count). The van der Waals surface area contributed by atoms with Crippen molar-refractivity contribution in [1.82, 2.24) is 15.1 Å². The lowest BCUT2D eigenvalue weighted by Gasteiger charge is -2.39. The van der Waals surface area contributed by atoms with Crippen LogP contribution in [0, 0.1) is 5.92 Å². The number of benzene rings is 1. The molecule has 29 heavy (non-hydrogen) atoms. The molecule has 1 saturated carbocycles. The fourth-order valence-electron chi connectivity index (χ4n) is 4.60. The number of nitrogens with zero attached hydrogens (tertiary/aromatic N) is 2. The molecule has 2 amide bonds. The molecule has 2 N–H and O–H groups in total. The van der Waals surface area contributed by atoms with Crippen LogP contribution in [0.4, 0.5) is 0 Å². The van der Waals surface area contributed by atoms with Crippen molar-refractivity contribution in [3.63, 3.8) is 0 Å². The fourth-order valence-corrected chi connectivity index (χ4v) is 4.60. The highest BCUT2D eigenvalue weighted by atomic mass is 16.5. The van der Waals surface area contributed by atoms with Crippen LogP contribution in [0.1, 0.15) is 37.7 Å². The third-order valence-corrected chi connectivity index (χ3v) is 6.39. The maximum Gasteiger partial charge on any atom is 0.237 e. The Morgan fingerprint density at radius 2 is 1.97 bits per heavy atom. The number of hydrogen-bond acceptors (Lipinski definition) is 5. The lowest BCUT2D eigenvalue weighted by molar-refractivity contribution is -0.135. The van der Waals surface area contributed by atoms with Crippen LogP contribution in [0.3, 0.4) is 0 Å². The smallest absolute Gasteiger partial charge is 0.237 e. The number of nitrogens with one attached hydrogen (secondary N) is 1. The Bertz CT molecular complexity index is 743. The molecule has 0 bridgehead atoms. The number of aliphatic hydroxyl groups excluding tert-OH is 1. The zero-order valence-corrected chi connectivity index (χ0v) is 17.0. The summed E-state index contributed by atoms with van der Waals surface area (Å²) in [6.07, 6.45) is 3.79. The molecule has 3 aliphatic rings. The number of ether oxygens (including phenoxy) is 1. The molecule has 2 heterocycles. The average Bonchev–Trinajstić information content (AvgIpc) is 3.53. The molecule has 3 fully saturated rings. The maximum atomic E-state index is 12.9. The van der Waals surface area contributed by atoms with Crippen LogP contribution in [0.25, 0.3) is 0 Å². The minimum absolute atomic E-state index is 0.0409. The van der Waals surface area contributed by atoms with E-state index in [2.05, 4.69) is 10.2 Å². The predicted octanol–water partition coefficient (Wildman–Crippen LogP) is 1.15. The van der Waals surface area contributed by atoms with Gasteiger partial charge in [-0.05, 0) is 49.8 Å². The topological polar surface area (TPSA) is 82.1 Å². The third kappa shape index (κ3) is 4.73. The molecular formula is C22H31N3O4. The highest BCUT2D eigenvalue weighted by Gasteiger charge is 2.42. The highest BCUT2D eigenvalue weighted by Crippen LogP contribution is 2.33. The largest absolute Gasteiger partial charge is 0.497 e. The molecule has 7 nitrogen and oxygen atoms in total. The molecule has 0 unspecified atom stereocenters. The Balaban J connectivity index is 1.32. The Morgan fingerprint density at radius 3 is 2.66 bits per heavy atom. The van der Waals surface area contributed by atoms with E-state index in [1.165, 1.54) is 0 Å². The summed E-state index contributed by atoms with van der Waals surface area (Å²) in [6, 6.07) is 7.57. The van der Waals surface area contributed by atoms with Crippen LogP contribution in [0.5, 0.6) is 5.75 Å². The lowest BCUT2D eigenvalue weighted by Crippen LogP contribution is -2.52. The second-order valence-electron chi connectivity index (χ2n) is 8.50. The Labute approximate surface area is 172 Å². The first-order valence-electron chi connectivity index (χ1n) is 10.7. The third-order valence-electron chi connectivity index (χ3n) is 6.39. The monoisotopic (exact) mass is 401 g/mol. The van der Waals surface area contributed by atoms with Crippen molar-refractivity contribution in [3.8, 4) is 5.75 Å². The van der Waals surface area contributed by atoms with Gasteiger partial charge in [-0.3, -0.25) is 14.5 Å². The summed E-state index contributed by atoms with van der Waals surface area (Å²) in [5.41, 5.74) is 0.981. The molecule has 1 aromatic rings. The summed E-state index contributed by atoms with van der Waals surface area (Å²) in [7, 11) is 1.62. The number of hydrogen-bond donors (Lipinski definition) is 2. The van der Waals surface area contributed by atoms with E-state index in [4.69, 9.17) is 4.74 Å². The Hall–Kier alpha value is -2.12. The molecule has 2 aliphatic heterocycles. The first-order chi connectivity index (χ1) is 14.0. The molecule has 0 radical (unpaired) electrons. The molecule has 2 atom stereocenters. The van der Waals surface area contributed by atoms with Gasteiger partial charge in [0.2, 0.25) is 11.8 Å². The number of amides is 2. The Kier molecular flexibility index (Phi) is 6.06. The van der Waals surface area contributed by atoms with Crippen molar-refractivity contribution < 1.29 is 19.4 Å². The molecule has 158 valence electrons. The second kappa shape index (κ2) is 8.71. The van der Waals surface area contributed by atoms with Crippen LogP contribution >= 0.6 is 0 Å². The van der Waals surface area contributed by atoms with Crippen LogP contribution in [0.15, 0.2) is 24.3 Å². The molecule has 0 aromatic heterocycles. The summed E-state index contributed by atoms with van der Waals surface area (Å²) in [4.78, 5) is 29.3. The van der Waals surface area contributed by atoms with Crippen molar-refractivity contribution in [2.75, 3.05) is 26.7 Å². The summed E-state index contributed by atoms with van der Waals surface area (Å²) in [6.45, 7) is 2.47. The van der Waals surface area contributed by atoms with Gasteiger partial charge in [0.05, 0.1) is 19.3 Å². The van der Waals surface area contributed by atoms with Gasteiger partial charge in [-0.15, -0.1) is 0 Å². The zero-order chi connectivity index (χ0) is 20.4. The summed E-state index contributed by atoms with van der Waals surface area (Å²) >= 11 is 0. The van der Waals surface area contributed by atoms with Gasteiger partial charge in [0, 0.05) is 38.1 Å². The summed E-state index contributed by atoms with van der Waals surface area (Å²) in [5.74, 6) is 1.29. The molecule has 1 aliphatic carbocycles. The highest BCUT2D eigenvalue weighted by molar-refractivity contribution is 5.82. The van der Waals surface area contributed by atoms with E-state index in [9.17, 15) is 14.7 Å². The van der Waals surface area contributed by atoms with Gasteiger partial charge in [-0.25, -0.2) is 0 Å². The van der Waals surface area contributed by atoms with E-state index < -0.39 is 6.10 Å². The van der Waals surface area contributed by atoms with Gasteiger partial charge in [-0.1, -0.05) is 12.1 Å². The first kappa shape index (κ1) is 20.2. The van der Waals surface area contributed by atoms with E-state index in [1.54, 1.807) is 7.11 Å². The predicted molar refractivity (Wildman–Crippen MR) is 108 cm³/mol. The van der Waals surface area contributed by atoms with Gasteiger partial charge < -0.3 is 20.1 Å². The molecule has 2 saturated heterocycles. The minimum Gasteiger partial charge on any atom is -0.497 e. The van der Waals surface area contributed by atoms with E-state index >= 15 is 0 Å². The maximum absolute atomic E-state index is 12.9. The number of aliphatic hydroxyl groups is 1. The van der Waals surface area contributed by atoms with Crippen molar-refractivity contribution in [1.29, 1.82) is 0 Å². The number of β-amino-alcohol motifs (C(OH)–C–C–N with tert-alkyl or cyclic N) is 1. The van der Waals surface area contributed by atoms with Crippen molar-refractivity contribution >= 4 is 11.8 Å². The van der Waals surface area contributed by atoms with Crippen molar-refractivity contribution in [2.24, 2.45) is 5.92 Å². The van der Waals surface area contributed by atoms with E-state index in [0.29, 0.717) is 25.4 Å². The van der Waals surface area contributed by atoms with Gasteiger partial charge in [0.25, 0.3) is 0 Å². The number of piperidine rings is 1. The average molecular weight is 402 g/mol. The lowest BCUT2D eigenvalue weighted by atomic mass is 10.0. The summed E-state index contributed by atoms with van der Waals surface area (Å²) < 4.78 is 5.23. The first-order valence-corrected chi connectivity index (χ1v) is 10.7. The molecule has 0 spiro atoms. The van der Waals surface area contributed by atoms with Gasteiger partial charge in [0.1, 0.15) is 5.75 Å². The number of rotatable bonds is 6. The Morgan fingerprint density at radius 1 is 1.21 bits per heavy atom. The second-order valence-corrected chi connectivity index (χ2v) is 8.50. The normalized spacial score (nSPS) is 25.8. The van der Waals surface area contributed by atoms with Crippen LogP contribution in [-0.2, 0) is 16.1 Å². The minimum atomic E-state index is -0.478. The van der Waals surface area contributed by atoms with Crippen molar-refractivity contribution in [3.05, 3.63) is 29.8 Å². The molecular weight excluding hydrogens is 370 g/mol. The number of carbonyl (C=O) groups is 2. The quantitative estimate of drug-likeness (QED) is 0.747. The molecule has 1 aromatic carbocycles. The van der Waals surface area contributed by atoms with Gasteiger partial charge >= 0.3 is 0 Å². The van der Waals surface area contributed by atoms with E-state index in [0.717, 1.165) is 50.1 Å². The standard InChI is InChI=1S/C22H31N3O4/c1-29-19-4-2-3-15(11-19)13-23-21(27)20-12-18(26)14-25(20)17-7-9-24(10-8-17)22(28)16-5-6-16/h2-4,11,16-18,20,26H,5-10,12-14H2,1H3,(H,23,27)/t18-,20+/m1/s1. The molecule has 7 heteroatoms. The summed E-state index contributed by atoms with van der Waals surface area (Å²) in [5, 5.41) is 13.2. The number of carbonyl (C=O) groups excluding carboxylic acids is 2. The number of likely N-dealkylation sites (tertiary alicyclic amines) is 2. The van der Waals surface area contributed by atoms with Crippen molar-refractivity contribution in [2.45, 2.75) is 56.8 Å². The van der Waals surface area contributed by atoms with E-state index in [-0.39, 0.29) is 23.9 Å². The zero-order valence-electron chi connectivity index (χ0n) is 17.0. The number of methoxy groups -OCH3 is 1. The van der Waals surface area contributed by atoms with Gasteiger partial charge in [-0.2, -0.15) is 0 Å². The SMILES string of the molecule is COc1cccc(CNC(=O)[C@@H]2C[C@@H](O)CN2C2CCN(C(=O)C3CC3)CC2)c1.